The molecule has 0 radical (unpaired) electrons. The Labute approximate surface area is 335 Å². The second-order valence-electron chi connectivity index (χ2n) is 12.3. The van der Waals surface area contributed by atoms with E-state index in [1.54, 1.807) is 19.9 Å². The molecule has 0 aliphatic carbocycles. The maximum atomic E-state index is 12.6. The van der Waals surface area contributed by atoms with Gasteiger partial charge in [0.05, 0.1) is 40.9 Å². The molecule has 0 fully saturated rings. The summed E-state index contributed by atoms with van der Waals surface area (Å²) in [6, 6.07) is 17.7. The standard InChI is InChI=1S/C36H32N8O12S3/c1-3-55-31-18-30(32(56-4-2)17-26(31)38)43-39-21-7-5-19-13-34(59(52,53)54)35(36(45)24(19)15-21)44-41-28-12-11-27(23-9-8-22(16-25(23)28)57(46,47)48)40-42-29-10-6-20(37)14-33(29)58(49,50)51/h5-18,45H,3-4,37-38H2,1-2H3,(H,46,47,48)(H,49,50,51)(H,52,53,54). The number of ether oxygens (including phenoxy) is 2. The first-order valence-corrected chi connectivity index (χ1v) is 21.2. The molecule has 306 valence electrons. The van der Waals surface area contributed by atoms with Crippen LogP contribution >= 0.6 is 0 Å². The molecule has 6 rings (SSSR count). The van der Waals surface area contributed by atoms with Crippen LogP contribution in [-0.4, -0.2) is 57.2 Å². The highest BCUT2D eigenvalue weighted by Gasteiger charge is 2.23. The van der Waals surface area contributed by atoms with Crippen molar-refractivity contribution in [1.82, 2.24) is 0 Å². The van der Waals surface area contributed by atoms with Gasteiger partial charge in [0.25, 0.3) is 30.4 Å². The highest BCUT2D eigenvalue weighted by Crippen LogP contribution is 2.44. The molecule has 0 heterocycles. The SMILES string of the molecule is CCOc1cc(N=Nc2ccc3cc(S(=O)(=O)O)c(N=Nc4ccc(N=Nc5ccc(N)cc5S(=O)(=O)O)c5ccc(S(=O)(=O)O)cc45)c(O)c3c2)c(OCC)cc1N. The van der Waals surface area contributed by atoms with E-state index in [9.17, 15) is 44.0 Å². The van der Waals surface area contributed by atoms with Crippen molar-refractivity contribution in [3.63, 3.8) is 0 Å². The van der Waals surface area contributed by atoms with E-state index < -0.39 is 56.5 Å². The molecule has 0 atom stereocenters. The Hall–Kier alpha value is -6.63. The highest BCUT2D eigenvalue weighted by molar-refractivity contribution is 7.86. The minimum Gasteiger partial charge on any atom is -0.505 e. The first-order valence-electron chi connectivity index (χ1n) is 16.9. The summed E-state index contributed by atoms with van der Waals surface area (Å²) in [6.45, 7) is 4.18. The van der Waals surface area contributed by atoms with Crippen molar-refractivity contribution in [3.05, 3.63) is 84.9 Å². The molecule has 6 aromatic carbocycles. The van der Waals surface area contributed by atoms with Crippen LogP contribution in [0.3, 0.4) is 0 Å². The summed E-state index contributed by atoms with van der Waals surface area (Å²) < 4.78 is 114. The third-order valence-electron chi connectivity index (χ3n) is 8.30. The van der Waals surface area contributed by atoms with Crippen LogP contribution in [0.2, 0.25) is 0 Å². The third kappa shape index (κ3) is 9.25. The van der Waals surface area contributed by atoms with Gasteiger partial charge in [0, 0.05) is 34.0 Å². The van der Waals surface area contributed by atoms with Gasteiger partial charge in [0.2, 0.25) is 0 Å². The number of hydrogen-bond acceptors (Lipinski definition) is 17. The number of aromatic hydroxyl groups is 1. The minimum atomic E-state index is -5.06. The van der Waals surface area contributed by atoms with Crippen LogP contribution in [0.1, 0.15) is 13.8 Å². The Morgan fingerprint density at radius 3 is 1.81 bits per heavy atom. The number of benzene rings is 6. The number of nitrogens with two attached hydrogens (primary N) is 2. The summed E-state index contributed by atoms with van der Waals surface area (Å²) in [5.74, 6) is -0.0763. The van der Waals surface area contributed by atoms with Gasteiger partial charge in [-0.25, -0.2) is 0 Å². The second-order valence-corrected chi connectivity index (χ2v) is 16.5. The molecule has 0 unspecified atom stereocenters. The fraction of sp³-hybridized carbons (Fsp3) is 0.111. The van der Waals surface area contributed by atoms with Crippen LogP contribution in [-0.2, 0) is 30.4 Å². The Morgan fingerprint density at radius 1 is 0.542 bits per heavy atom. The van der Waals surface area contributed by atoms with Crippen molar-refractivity contribution in [2.24, 2.45) is 30.7 Å². The average Bonchev–Trinajstić information content (AvgIpc) is 3.16. The van der Waals surface area contributed by atoms with E-state index in [0.717, 1.165) is 24.3 Å². The third-order valence-corrected chi connectivity index (χ3v) is 10.9. The number of phenols is 1. The summed E-state index contributed by atoms with van der Waals surface area (Å²) in [7, 11) is -14.6. The lowest BCUT2D eigenvalue weighted by atomic mass is 10.1. The van der Waals surface area contributed by atoms with Crippen molar-refractivity contribution in [1.29, 1.82) is 0 Å². The fourth-order valence-corrected chi connectivity index (χ4v) is 7.48. The summed E-state index contributed by atoms with van der Waals surface area (Å²) in [5.41, 5.74) is 11.4. The maximum Gasteiger partial charge on any atom is 0.296 e. The van der Waals surface area contributed by atoms with Crippen molar-refractivity contribution in [2.75, 3.05) is 24.7 Å². The number of nitrogen functional groups attached to an aromatic ring is 2. The van der Waals surface area contributed by atoms with Crippen molar-refractivity contribution >= 4 is 97.4 Å². The molecule has 23 heteroatoms. The number of hydrogen-bond donors (Lipinski definition) is 6. The zero-order valence-corrected chi connectivity index (χ0v) is 33.1. The largest absolute Gasteiger partial charge is 0.505 e. The number of anilines is 2. The highest BCUT2D eigenvalue weighted by atomic mass is 32.2. The second kappa shape index (κ2) is 16.3. The van der Waals surface area contributed by atoms with Crippen molar-refractivity contribution in [3.8, 4) is 17.2 Å². The van der Waals surface area contributed by atoms with Gasteiger partial charge in [-0.3, -0.25) is 13.7 Å². The predicted molar refractivity (Wildman–Crippen MR) is 216 cm³/mol. The summed E-state index contributed by atoms with van der Waals surface area (Å²) >= 11 is 0. The van der Waals surface area contributed by atoms with Gasteiger partial charge in [-0.15, -0.1) is 25.6 Å². The van der Waals surface area contributed by atoms with E-state index in [1.807, 2.05) is 0 Å². The minimum absolute atomic E-state index is 0.00860. The molecule has 0 saturated heterocycles. The quantitative estimate of drug-likeness (QED) is 0.0359. The molecule has 59 heavy (non-hydrogen) atoms. The smallest absolute Gasteiger partial charge is 0.296 e. The Kier molecular flexibility index (Phi) is 11.6. The lowest BCUT2D eigenvalue weighted by Crippen LogP contribution is -1.99. The summed E-state index contributed by atoms with van der Waals surface area (Å²) in [6.07, 6.45) is 0. The lowest BCUT2D eigenvalue weighted by Gasteiger charge is -2.12. The normalized spacial score (nSPS) is 12.7. The van der Waals surface area contributed by atoms with Crippen LogP contribution < -0.4 is 20.9 Å². The number of nitrogens with zero attached hydrogens (tertiary/aromatic N) is 6. The van der Waals surface area contributed by atoms with Gasteiger partial charge >= 0.3 is 0 Å². The zero-order chi connectivity index (χ0) is 42.9. The topological polar surface area (TPSA) is 328 Å². The number of fused-ring (bicyclic) bond motifs is 2. The maximum absolute atomic E-state index is 12.6. The Balaban J connectivity index is 1.47. The van der Waals surface area contributed by atoms with E-state index >= 15 is 0 Å². The molecule has 0 amide bonds. The van der Waals surface area contributed by atoms with Crippen LogP contribution in [0.5, 0.6) is 17.2 Å². The van der Waals surface area contributed by atoms with Crippen LogP contribution in [0.15, 0.2) is 130 Å². The van der Waals surface area contributed by atoms with Crippen LogP contribution in [0.4, 0.5) is 45.5 Å². The molecule has 0 aliphatic rings. The van der Waals surface area contributed by atoms with Gasteiger partial charge in [-0.1, -0.05) is 12.1 Å². The van der Waals surface area contributed by atoms with Crippen LogP contribution in [0.25, 0.3) is 21.5 Å². The average molecular weight is 865 g/mol. The van der Waals surface area contributed by atoms with E-state index in [1.165, 1.54) is 54.6 Å². The number of rotatable bonds is 13. The van der Waals surface area contributed by atoms with Gasteiger partial charge in [-0.05, 0) is 79.9 Å². The van der Waals surface area contributed by atoms with Gasteiger partial charge < -0.3 is 26.0 Å². The van der Waals surface area contributed by atoms with E-state index in [-0.39, 0.29) is 55.7 Å². The molecule has 0 aliphatic heterocycles. The molecular formula is C36H32N8O12S3. The molecule has 0 spiro atoms. The Bertz CT molecular complexity index is 3100. The van der Waals surface area contributed by atoms with Crippen molar-refractivity contribution in [2.45, 2.75) is 28.5 Å². The van der Waals surface area contributed by atoms with E-state index in [0.29, 0.717) is 30.4 Å². The molecular weight excluding hydrogens is 833 g/mol. The molecule has 0 bridgehead atoms. The summed E-state index contributed by atoms with van der Waals surface area (Å²) in [5, 5.41) is 36.2. The summed E-state index contributed by atoms with van der Waals surface area (Å²) in [4.78, 5) is -2.06. The lowest BCUT2D eigenvalue weighted by molar-refractivity contribution is 0.333. The first kappa shape index (κ1) is 42.0. The zero-order valence-electron chi connectivity index (χ0n) is 30.6. The van der Waals surface area contributed by atoms with Gasteiger partial charge in [-0.2, -0.15) is 30.4 Å². The molecule has 0 saturated carbocycles. The Morgan fingerprint density at radius 2 is 1.15 bits per heavy atom. The molecule has 8 N–H and O–H groups in total. The number of phenolic OH excluding ortho intramolecular Hbond substituents is 1. The predicted octanol–water partition coefficient (Wildman–Crippen LogP) is 8.65. The monoisotopic (exact) mass is 864 g/mol. The van der Waals surface area contributed by atoms with Gasteiger partial charge in [0.15, 0.2) is 5.75 Å². The first-order chi connectivity index (χ1) is 27.8. The van der Waals surface area contributed by atoms with Gasteiger partial charge in [0.1, 0.15) is 38.4 Å². The van der Waals surface area contributed by atoms with Crippen LogP contribution in [0, 0.1) is 0 Å². The molecule has 20 nitrogen and oxygen atoms in total. The fourth-order valence-electron chi connectivity index (χ4n) is 5.65. The van der Waals surface area contributed by atoms with E-state index in [2.05, 4.69) is 30.7 Å². The molecule has 0 aromatic heterocycles. The molecule has 6 aromatic rings. The van der Waals surface area contributed by atoms with Crippen molar-refractivity contribution < 1.29 is 53.5 Å². The number of azo groups is 3. The van der Waals surface area contributed by atoms with E-state index in [4.69, 9.17) is 20.9 Å².